The molecule has 0 fully saturated rings. The van der Waals surface area contributed by atoms with Crippen molar-refractivity contribution in [3.05, 3.63) is 45.2 Å². The maximum absolute atomic E-state index is 11.1. The summed E-state index contributed by atoms with van der Waals surface area (Å²) in [7, 11) is 1.55. The summed E-state index contributed by atoms with van der Waals surface area (Å²) in [5.74, 6) is 0.218. The smallest absolute Gasteiger partial charge is 0.353 e. The van der Waals surface area contributed by atoms with Gasteiger partial charge in [-0.3, -0.25) is 10.1 Å². The molecule has 1 aromatic heterocycles. The van der Waals surface area contributed by atoms with Gasteiger partial charge in [0.25, 0.3) is 0 Å². The lowest BCUT2D eigenvalue weighted by Crippen LogP contribution is -2.05. The summed E-state index contributed by atoms with van der Waals surface area (Å²) < 4.78 is 0. The molecule has 2 N–H and O–H groups in total. The number of nitrogens with one attached hydrogen (secondary N) is 2. The lowest BCUT2D eigenvalue weighted by Gasteiger charge is -2.10. The summed E-state index contributed by atoms with van der Waals surface area (Å²) in [5, 5.41) is 17.1. The molecule has 0 amide bonds. The molecule has 0 aliphatic heterocycles. The van der Waals surface area contributed by atoms with E-state index in [0.717, 1.165) is 5.56 Å². The molecule has 20 heavy (non-hydrogen) atoms. The van der Waals surface area contributed by atoms with E-state index >= 15 is 0 Å². The SMILES string of the molecule is CNc1ncnc(Nc2ccc(C)cc2Cl)c1[N+](=O)[O-]. The average Bonchev–Trinajstić information content (AvgIpc) is 2.41. The number of benzene rings is 1. The molecule has 0 unspecified atom stereocenters. The van der Waals surface area contributed by atoms with E-state index in [-0.39, 0.29) is 17.3 Å². The fourth-order valence-electron chi connectivity index (χ4n) is 1.68. The van der Waals surface area contributed by atoms with Gasteiger partial charge in [0.05, 0.1) is 15.6 Å². The van der Waals surface area contributed by atoms with Crippen molar-refractivity contribution in [1.82, 2.24) is 9.97 Å². The molecule has 0 aliphatic carbocycles. The van der Waals surface area contributed by atoms with Gasteiger partial charge in [-0.25, -0.2) is 9.97 Å². The first-order chi connectivity index (χ1) is 9.52. The number of halogens is 1. The lowest BCUT2D eigenvalue weighted by atomic mass is 10.2. The third-order valence-corrected chi connectivity index (χ3v) is 2.93. The van der Waals surface area contributed by atoms with Crippen molar-refractivity contribution < 1.29 is 4.92 Å². The number of anilines is 3. The van der Waals surface area contributed by atoms with Gasteiger partial charge in [0.15, 0.2) is 0 Å². The maximum atomic E-state index is 11.1. The van der Waals surface area contributed by atoms with Gasteiger partial charge in [-0.1, -0.05) is 17.7 Å². The highest BCUT2D eigenvalue weighted by Crippen LogP contribution is 2.33. The second-order valence-corrected chi connectivity index (χ2v) is 4.44. The molecular formula is C12H12ClN5O2. The Morgan fingerprint density at radius 1 is 1.30 bits per heavy atom. The van der Waals surface area contributed by atoms with Crippen LogP contribution < -0.4 is 10.6 Å². The van der Waals surface area contributed by atoms with Crippen LogP contribution in [0.4, 0.5) is 23.0 Å². The molecular weight excluding hydrogens is 282 g/mol. The Kier molecular flexibility index (Phi) is 3.99. The average molecular weight is 294 g/mol. The lowest BCUT2D eigenvalue weighted by molar-refractivity contribution is -0.383. The van der Waals surface area contributed by atoms with Gasteiger partial charge >= 0.3 is 5.69 Å². The van der Waals surface area contributed by atoms with E-state index in [1.165, 1.54) is 6.33 Å². The van der Waals surface area contributed by atoms with Crippen LogP contribution in [-0.2, 0) is 0 Å². The van der Waals surface area contributed by atoms with Crippen LogP contribution in [0.2, 0.25) is 5.02 Å². The Morgan fingerprint density at radius 3 is 2.60 bits per heavy atom. The number of nitrogens with zero attached hydrogens (tertiary/aromatic N) is 3. The second-order valence-electron chi connectivity index (χ2n) is 4.03. The second kappa shape index (κ2) is 5.70. The van der Waals surface area contributed by atoms with Crippen molar-refractivity contribution >= 4 is 34.6 Å². The van der Waals surface area contributed by atoms with Crippen molar-refractivity contribution in [2.75, 3.05) is 17.7 Å². The Labute approximate surface area is 120 Å². The van der Waals surface area contributed by atoms with E-state index in [1.807, 2.05) is 13.0 Å². The van der Waals surface area contributed by atoms with Gasteiger partial charge in [-0.05, 0) is 24.6 Å². The van der Waals surface area contributed by atoms with E-state index in [0.29, 0.717) is 10.7 Å². The minimum Gasteiger partial charge on any atom is -0.367 e. The van der Waals surface area contributed by atoms with Crippen LogP contribution in [0.1, 0.15) is 5.56 Å². The van der Waals surface area contributed by atoms with Crippen molar-refractivity contribution in [3.63, 3.8) is 0 Å². The van der Waals surface area contributed by atoms with E-state index in [2.05, 4.69) is 20.6 Å². The van der Waals surface area contributed by atoms with Crippen LogP contribution in [0.5, 0.6) is 0 Å². The molecule has 0 spiro atoms. The highest BCUT2D eigenvalue weighted by Gasteiger charge is 2.22. The van der Waals surface area contributed by atoms with E-state index < -0.39 is 4.92 Å². The monoisotopic (exact) mass is 293 g/mol. The normalized spacial score (nSPS) is 10.2. The molecule has 2 aromatic rings. The molecule has 0 aliphatic rings. The highest BCUT2D eigenvalue weighted by molar-refractivity contribution is 6.33. The minimum absolute atomic E-state index is 0.0834. The number of nitro groups is 1. The summed E-state index contributed by atoms with van der Waals surface area (Å²) >= 11 is 6.09. The maximum Gasteiger partial charge on any atom is 0.353 e. The van der Waals surface area contributed by atoms with Crippen LogP contribution in [0.15, 0.2) is 24.5 Å². The fraction of sp³-hybridized carbons (Fsp3) is 0.167. The molecule has 1 aromatic carbocycles. The molecule has 0 bridgehead atoms. The van der Waals surface area contributed by atoms with Gasteiger partial charge in [0.1, 0.15) is 6.33 Å². The zero-order valence-corrected chi connectivity index (χ0v) is 11.6. The van der Waals surface area contributed by atoms with Gasteiger partial charge in [0, 0.05) is 7.05 Å². The van der Waals surface area contributed by atoms with Crippen LogP contribution in [0.3, 0.4) is 0 Å². The van der Waals surface area contributed by atoms with Crippen molar-refractivity contribution in [1.29, 1.82) is 0 Å². The number of aryl methyl sites for hydroxylation is 1. The summed E-state index contributed by atoms with van der Waals surface area (Å²) in [5.41, 5.74) is 1.31. The predicted octanol–water partition coefficient (Wildman–Crippen LogP) is 3.13. The van der Waals surface area contributed by atoms with E-state index in [9.17, 15) is 10.1 Å². The molecule has 1 heterocycles. The van der Waals surface area contributed by atoms with Gasteiger partial charge in [0.2, 0.25) is 11.6 Å². The molecule has 0 radical (unpaired) electrons. The van der Waals surface area contributed by atoms with E-state index in [1.54, 1.807) is 19.2 Å². The molecule has 104 valence electrons. The summed E-state index contributed by atoms with van der Waals surface area (Å²) in [6, 6.07) is 5.35. The predicted molar refractivity (Wildman–Crippen MR) is 77.7 cm³/mol. The Bertz CT molecular complexity index is 662. The van der Waals surface area contributed by atoms with E-state index in [4.69, 9.17) is 11.6 Å². The third kappa shape index (κ3) is 2.77. The number of rotatable bonds is 4. The number of hydrogen-bond donors (Lipinski definition) is 2. The zero-order chi connectivity index (χ0) is 14.7. The summed E-state index contributed by atoms with van der Waals surface area (Å²) in [4.78, 5) is 18.3. The standard InChI is InChI=1S/C12H12ClN5O2/c1-7-3-4-9(8(13)5-7)17-12-10(18(19)20)11(14-2)15-6-16-12/h3-6H,1-2H3,(H2,14,15,16,17). The first-order valence-corrected chi connectivity index (χ1v) is 6.11. The molecule has 0 saturated heterocycles. The molecule has 8 heteroatoms. The van der Waals surface area contributed by atoms with Crippen LogP contribution in [0.25, 0.3) is 0 Å². The fourth-order valence-corrected chi connectivity index (χ4v) is 1.96. The molecule has 2 rings (SSSR count). The first-order valence-electron chi connectivity index (χ1n) is 5.73. The zero-order valence-electron chi connectivity index (χ0n) is 10.8. The molecule has 0 atom stereocenters. The Hall–Kier alpha value is -2.41. The van der Waals surface area contributed by atoms with Gasteiger partial charge in [-0.2, -0.15) is 0 Å². The first kappa shape index (κ1) is 14.0. The molecule has 0 saturated carbocycles. The van der Waals surface area contributed by atoms with Crippen LogP contribution in [-0.4, -0.2) is 21.9 Å². The topological polar surface area (TPSA) is 93.0 Å². The Morgan fingerprint density at radius 2 is 2.00 bits per heavy atom. The summed E-state index contributed by atoms with van der Waals surface area (Å²) in [6.45, 7) is 1.90. The number of aromatic nitrogens is 2. The number of hydrogen-bond acceptors (Lipinski definition) is 6. The Balaban J connectivity index is 2.45. The van der Waals surface area contributed by atoms with Crippen molar-refractivity contribution in [3.8, 4) is 0 Å². The molecule has 7 nitrogen and oxygen atoms in total. The summed E-state index contributed by atoms with van der Waals surface area (Å²) in [6.07, 6.45) is 1.24. The third-order valence-electron chi connectivity index (χ3n) is 2.62. The van der Waals surface area contributed by atoms with Gasteiger partial charge < -0.3 is 10.6 Å². The van der Waals surface area contributed by atoms with Crippen LogP contribution in [0, 0.1) is 17.0 Å². The van der Waals surface area contributed by atoms with Gasteiger partial charge in [-0.15, -0.1) is 0 Å². The van der Waals surface area contributed by atoms with Crippen LogP contribution >= 0.6 is 11.6 Å². The quantitative estimate of drug-likeness (QED) is 0.664. The minimum atomic E-state index is -0.545. The highest BCUT2D eigenvalue weighted by atomic mass is 35.5. The largest absolute Gasteiger partial charge is 0.367 e. The van der Waals surface area contributed by atoms with Crippen molar-refractivity contribution in [2.24, 2.45) is 0 Å². The van der Waals surface area contributed by atoms with Crippen molar-refractivity contribution in [2.45, 2.75) is 6.92 Å².